The van der Waals surface area contributed by atoms with Gasteiger partial charge in [0.05, 0.1) is 33.1 Å². The topological polar surface area (TPSA) is 14.8 Å². The number of benzene rings is 18. The quantitative estimate of drug-likeness (QED) is 0.158. The molecule has 0 radical (unpaired) electrons. The van der Waals surface area contributed by atoms with Crippen LogP contribution in [0.3, 0.4) is 0 Å². The SMILES string of the molecule is c1ccc2c(c1)-c1cc(-n3c4ccccc4c4ccc(-c5ccc6c(c5)sc5ccccc56)cc43)ccc1C21C2CC3CC(C2)CC1C3.c1ccc2c(c1)-c1cc(-n3c4ccccc4c4ccc(-c5ccc6sc7ccccc7c6c5)cc43)ccc1C21C2CC3CC(C2)CC1C3.c1ccc2c(c1)-c1ccc(-n3c4ccccc4c4c(-c5cccc6sc7ccccc7c56)cccc43)cc1C21C2CC3CC(C2)CC1C3. The lowest BCUT2D eigenvalue weighted by Crippen LogP contribution is -2.55. The maximum Gasteiger partial charge on any atom is 0.0547 e. The molecule has 3 spiro atoms. The number of hydrogen-bond donors (Lipinski definition) is 0. The van der Waals surface area contributed by atoms with E-state index in [2.05, 4.69) is 396 Å². The van der Waals surface area contributed by atoms with Gasteiger partial charge in [0.25, 0.3) is 0 Å². The highest BCUT2D eigenvalue weighted by Crippen LogP contribution is 2.74. The Bertz CT molecular complexity index is 9610. The molecule has 0 N–H and O–H groups in total. The van der Waals surface area contributed by atoms with Crippen molar-refractivity contribution in [3.63, 3.8) is 0 Å². The van der Waals surface area contributed by atoms with Crippen LogP contribution in [0, 0.1) is 71.0 Å². The highest BCUT2D eigenvalue weighted by Gasteiger charge is 2.65. The molecule has 24 aromatic rings. The third-order valence-electron chi connectivity index (χ3n) is 39.5. The molecule has 144 heavy (non-hydrogen) atoms. The molecular weight excluding hydrogens is 1800 g/mol. The van der Waals surface area contributed by atoms with E-state index < -0.39 is 0 Å². The van der Waals surface area contributed by atoms with Gasteiger partial charge in [-0.05, 0) is 383 Å². The number of aromatic nitrogens is 3. The standard InChI is InChI=1S/3C46H35NS/c1-4-14-38-32(9-1)33-20-19-31(26-39(33)46(38)29-22-27-21-28(24-29)25-30(46)23-27)47-40-15-5-2-10-36(40)44-34(12-7-16-41(44)47)35-13-8-18-43-45(35)37-11-3-6-17-42(37)48-43;1-4-10-40-34(7-1)38-26-33(15-17-41(38)46(40)31-20-27-19-28(22-31)23-32(46)21-27)47-42-11-5-2-8-35(42)36-16-13-30(25-43(36)47)29-14-18-45-39(24-29)37-9-3-6-12-44(37)48-45;1-4-10-40-34(7-1)39-26-33(15-18-41(39)46(40)31-20-27-19-28(22-31)23-32(46)21-27)47-42-11-5-2-8-35(42)36-16-13-29(24-43(36)47)30-14-17-38-37-9-3-6-12-44(37)48-45(38)25-30/h1-20,26-30H,21-25H2;2*1-18,24-28,31-32H,19-23H2. The fourth-order valence-electron chi connectivity index (χ4n) is 35.0. The normalized spacial score (nSPS) is 25.2. The third-order valence-corrected chi connectivity index (χ3v) is 43.0. The molecular formula is C138H105N3S3. The van der Waals surface area contributed by atoms with Gasteiger partial charge in [-0.2, -0.15) is 0 Å². The first kappa shape index (κ1) is 81.4. The van der Waals surface area contributed by atoms with E-state index in [1.807, 2.05) is 34.0 Å². The molecule has 690 valence electrons. The summed E-state index contributed by atoms with van der Waals surface area (Å²) in [6, 6.07) is 147. The monoisotopic (exact) mass is 1900 g/mol. The van der Waals surface area contributed by atoms with Gasteiger partial charge in [0, 0.05) is 126 Å². The van der Waals surface area contributed by atoms with Crippen molar-refractivity contribution < 1.29 is 0 Å². The second-order valence-corrected chi connectivity index (χ2v) is 49.2. The molecule has 0 unspecified atom stereocenters. The molecule has 12 saturated carbocycles. The van der Waals surface area contributed by atoms with Crippen LogP contribution in [0.2, 0.25) is 0 Å². The lowest BCUT2D eigenvalue weighted by molar-refractivity contribution is -0.0399. The van der Waals surface area contributed by atoms with E-state index in [0.717, 1.165) is 71.0 Å². The molecule has 0 aliphatic heterocycles. The number of fused-ring (bicyclic) bond motifs is 27. The first-order chi connectivity index (χ1) is 71.2. The Hall–Kier alpha value is -14.0. The summed E-state index contributed by atoms with van der Waals surface area (Å²) < 4.78 is 15.8. The van der Waals surface area contributed by atoms with Gasteiger partial charge >= 0.3 is 0 Å². The molecule has 18 aromatic carbocycles. The molecule has 15 aliphatic carbocycles. The van der Waals surface area contributed by atoms with Crippen LogP contribution in [-0.2, 0) is 16.2 Å². The van der Waals surface area contributed by atoms with E-state index in [1.165, 1.54) is 306 Å². The van der Waals surface area contributed by atoms with Gasteiger partial charge in [0.1, 0.15) is 0 Å². The van der Waals surface area contributed by atoms with Crippen molar-refractivity contribution in [2.24, 2.45) is 71.0 Å². The van der Waals surface area contributed by atoms with Gasteiger partial charge in [0.15, 0.2) is 0 Å². The smallest absolute Gasteiger partial charge is 0.0547 e. The molecule has 3 nitrogen and oxygen atoms in total. The summed E-state index contributed by atoms with van der Waals surface area (Å²) in [4.78, 5) is 0. The van der Waals surface area contributed by atoms with Crippen LogP contribution >= 0.6 is 34.0 Å². The van der Waals surface area contributed by atoms with E-state index in [1.54, 1.807) is 33.4 Å². The largest absolute Gasteiger partial charge is 0.309 e. The Kier molecular flexibility index (Phi) is 17.0. The molecule has 15 aliphatic rings. The van der Waals surface area contributed by atoms with Crippen LogP contribution in [0.1, 0.15) is 130 Å². The average Bonchev–Trinajstić information content (AvgIpc) is 1.50. The Morgan fingerprint density at radius 3 is 1.01 bits per heavy atom. The van der Waals surface area contributed by atoms with Crippen molar-refractivity contribution in [2.75, 3.05) is 0 Å². The maximum atomic E-state index is 2.64. The van der Waals surface area contributed by atoms with E-state index >= 15 is 0 Å². The fourth-order valence-corrected chi connectivity index (χ4v) is 38.4. The second kappa shape index (κ2) is 30.1. The number of para-hydroxylation sites is 3. The van der Waals surface area contributed by atoms with Gasteiger partial charge in [-0.3, -0.25) is 0 Å². The molecule has 0 saturated heterocycles. The van der Waals surface area contributed by atoms with Crippen molar-refractivity contribution >= 4 is 160 Å². The highest BCUT2D eigenvalue weighted by molar-refractivity contribution is 7.26. The van der Waals surface area contributed by atoms with Gasteiger partial charge < -0.3 is 13.7 Å². The Morgan fingerprint density at radius 2 is 0.479 bits per heavy atom. The summed E-state index contributed by atoms with van der Waals surface area (Å²) in [5.41, 5.74) is 38.5. The van der Waals surface area contributed by atoms with Crippen molar-refractivity contribution in [1.29, 1.82) is 0 Å². The Morgan fingerprint density at radius 1 is 0.167 bits per heavy atom. The lowest BCUT2D eigenvalue weighted by atomic mass is 9.43. The van der Waals surface area contributed by atoms with Crippen molar-refractivity contribution in [2.45, 2.75) is 113 Å². The zero-order valence-electron chi connectivity index (χ0n) is 80.5. The Balaban J connectivity index is 0.0000000932. The summed E-state index contributed by atoms with van der Waals surface area (Å²) in [5.74, 6) is 10.4. The van der Waals surface area contributed by atoms with Gasteiger partial charge in [-0.25, -0.2) is 0 Å². The van der Waals surface area contributed by atoms with E-state index in [9.17, 15) is 0 Å². The second-order valence-electron chi connectivity index (χ2n) is 46.0. The average molecular weight is 1900 g/mol. The van der Waals surface area contributed by atoms with Crippen LogP contribution < -0.4 is 0 Å². The number of hydrogen-bond acceptors (Lipinski definition) is 3. The highest BCUT2D eigenvalue weighted by atomic mass is 32.1. The maximum absolute atomic E-state index is 2.64. The first-order valence-corrected chi connectivity index (χ1v) is 56.3. The number of rotatable bonds is 6. The minimum absolute atomic E-state index is 0.162. The number of thiophene rings is 3. The summed E-state index contributed by atoms with van der Waals surface area (Å²) >= 11 is 5.69. The minimum Gasteiger partial charge on any atom is -0.309 e. The van der Waals surface area contributed by atoms with Crippen LogP contribution in [-0.4, -0.2) is 13.7 Å². The molecule has 0 atom stereocenters. The third kappa shape index (κ3) is 11.1. The summed E-state index contributed by atoms with van der Waals surface area (Å²) in [7, 11) is 0. The van der Waals surface area contributed by atoms with Crippen LogP contribution in [0.15, 0.2) is 382 Å². The zero-order valence-corrected chi connectivity index (χ0v) is 82.9. The van der Waals surface area contributed by atoms with Gasteiger partial charge in [-0.1, -0.05) is 267 Å². The zero-order chi connectivity index (χ0) is 93.4. The van der Waals surface area contributed by atoms with Crippen molar-refractivity contribution in [3.8, 4) is 83.8 Å². The van der Waals surface area contributed by atoms with Crippen LogP contribution in [0.5, 0.6) is 0 Å². The lowest BCUT2D eigenvalue weighted by Gasteiger charge is -2.61. The van der Waals surface area contributed by atoms with E-state index in [0.29, 0.717) is 0 Å². The fraction of sp³-hybridized carbons (Fsp3) is 0.217. The van der Waals surface area contributed by atoms with E-state index in [-0.39, 0.29) is 16.2 Å². The predicted octanol–water partition coefficient (Wildman–Crippen LogP) is 37.6. The Labute approximate surface area is 849 Å². The molecule has 6 heteroatoms. The van der Waals surface area contributed by atoms with Gasteiger partial charge in [-0.15, -0.1) is 34.0 Å². The predicted molar refractivity (Wildman–Crippen MR) is 607 cm³/mol. The summed E-state index contributed by atoms with van der Waals surface area (Å²) in [5, 5.41) is 16.1. The van der Waals surface area contributed by atoms with Crippen molar-refractivity contribution in [1.82, 2.24) is 13.7 Å². The van der Waals surface area contributed by atoms with Gasteiger partial charge in [0.2, 0.25) is 0 Å². The molecule has 6 heterocycles. The molecule has 6 aromatic heterocycles. The van der Waals surface area contributed by atoms with Crippen LogP contribution in [0.4, 0.5) is 0 Å². The minimum atomic E-state index is 0.162. The van der Waals surface area contributed by atoms with E-state index in [4.69, 9.17) is 0 Å². The number of nitrogens with zero attached hydrogens (tertiary/aromatic N) is 3. The molecule has 39 rings (SSSR count). The summed E-state index contributed by atoms with van der Waals surface area (Å²) in [6.07, 6.45) is 21.5. The van der Waals surface area contributed by atoms with Crippen molar-refractivity contribution in [3.05, 3.63) is 416 Å². The molecule has 12 fully saturated rings. The molecule has 0 amide bonds. The summed E-state index contributed by atoms with van der Waals surface area (Å²) in [6.45, 7) is 0. The molecule has 12 bridgehead atoms. The first-order valence-electron chi connectivity index (χ1n) is 53.8. The van der Waals surface area contributed by atoms with Crippen LogP contribution in [0.25, 0.3) is 210 Å².